The first-order chi connectivity index (χ1) is 13.1. The molecule has 1 aromatic carbocycles. The number of nitrogens with zero attached hydrogens (tertiary/aromatic N) is 1. The molecule has 0 aliphatic carbocycles. The Labute approximate surface area is 161 Å². The van der Waals surface area contributed by atoms with Crippen LogP contribution in [-0.4, -0.2) is 42.9 Å². The van der Waals surface area contributed by atoms with Crippen LogP contribution in [-0.2, 0) is 14.6 Å². The Morgan fingerprint density at radius 1 is 1.21 bits per heavy atom. The summed E-state index contributed by atoms with van der Waals surface area (Å²) in [4.78, 5) is 24.4. The lowest BCUT2D eigenvalue weighted by molar-refractivity contribution is 0.0465. The summed E-state index contributed by atoms with van der Waals surface area (Å²) >= 11 is 0. The van der Waals surface area contributed by atoms with E-state index in [1.54, 1.807) is 24.5 Å². The maximum atomic E-state index is 13.6. The van der Waals surface area contributed by atoms with Crippen molar-refractivity contribution < 1.29 is 31.5 Å². The van der Waals surface area contributed by atoms with E-state index in [-0.39, 0.29) is 23.1 Å². The van der Waals surface area contributed by atoms with Crippen LogP contribution < -0.4 is 0 Å². The SMILES string of the molecule is Cc1cc(C(=O)COC(=O)c2c(F)cccc2F)c(C)n1[C@H]1CCS(=O)(=O)C1. The Kier molecular flexibility index (Phi) is 5.38. The molecule has 3 rings (SSSR count). The molecule has 0 radical (unpaired) electrons. The lowest BCUT2D eigenvalue weighted by Crippen LogP contribution is -2.18. The van der Waals surface area contributed by atoms with Gasteiger partial charge in [-0.15, -0.1) is 0 Å². The summed E-state index contributed by atoms with van der Waals surface area (Å²) < 4.78 is 57.3. The van der Waals surface area contributed by atoms with Crippen LogP contribution in [0.4, 0.5) is 8.78 Å². The highest BCUT2D eigenvalue weighted by Crippen LogP contribution is 2.29. The fourth-order valence-electron chi connectivity index (χ4n) is 3.57. The first-order valence-electron chi connectivity index (χ1n) is 8.64. The van der Waals surface area contributed by atoms with E-state index in [0.29, 0.717) is 12.1 Å². The number of Topliss-reactive ketones (excluding diaryl/α,β-unsaturated/α-hetero) is 1. The highest BCUT2D eigenvalue weighted by atomic mass is 32.2. The molecule has 0 saturated carbocycles. The predicted molar refractivity (Wildman–Crippen MR) is 97.2 cm³/mol. The fraction of sp³-hybridized carbons (Fsp3) is 0.368. The van der Waals surface area contributed by atoms with Crippen molar-refractivity contribution >= 4 is 21.6 Å². The molecule has 28 heavy (non-hydrogen) atoms. The molecule has 1 aromatic heterocycles. The molecule has 1 saturated heterocycles. The molecule has 1 aliphatic rings. The van der Waals surface area contributed by atoms with Gasteiger partial charge in [-0.2, -0.15) is 0 Å². The largest absolute Gasteiger partial charge is 0.454 e. The van der Waals surface area contributed by atoms with E-state index in [0.717, 1.165) is 23.9 Å². The Hall–Kier alpha value is -2.55. The van der Waals surface area contributed by atoms with Crippen molar-refractivity contribution in [3.63, 3.8) is 0 Å². The van der Waals surface area contributed by atoms with Crippen LogP contribution in [0.1, 0.15) is 44.6 Å². The number of ether oxygens (including phenoxy) is 1. The Balaban J connectivity index is 1.75. The Morgan fingerprint density at radius 3 is 2.43 bits per heavy atom. The molecule has 2 aromatic rings. The molecule has 1 aliphatic heterocycles. The molecular weight excluding hydrogens is 392 g/mol. The third-order valence-corrected chi connectivity index (χ3v) is 6.61. The zero-order valence-electron chi connectivity index (χ0n) is 15.4. The first kappa shape index (κ1) is 20.2. The number of esters is 1. The van der Waals surface area contributed by atoms with Gasteiger partial charge in [0.1, 0.15) is 17.2 Å². The van der Waals surface area contributed by atoms with Crippen LogP contribution >= 0.6 is 0 Å². The van der Waals surface area contributed by atoms with Crippen molar-refractivity contribution in [2.75, 3.05) is 18.1 Å². The van der Waals surface area contributed by atoms with Crippen LogP contribution in [0.15, 0.2) is 24.3 Å². The quantitative estimate of drug-likeness (QED) is 0.558. The van der Waals surface area contributed by atoms with Crippen LogP contribution in [0.25, 0.3) is 0 Å². The van der Waals surface area contributed by atoms with E-state index in [1.807, 2.05) is 0 Å². The summed E-state index contributed by atoms with van der Waals surface area (Å²) in [6.45, 7) is 2.76. The normalized spacial score (nSPS) is 18.2. The molecule has 0 unspecified atom stereocenters. The lowest BCUT2D eigenvalue weighted by atomic mass is 10.1. The van der Waals surface area contributed by atoms with Gasteiger partial charge >= 0.3 is 5.97 Å². The highest BCUT2D eigenvalue weighted by molar-refractivity contribution is 7.91. The Morgan fingerprint density at radius 2 is 1.86 bits per heavy atom. The number of halogens is 2. The summed E-state index contributed by atoms with van der Waals surface area (Å²) in [7, 11) is -3.09. The van der Waals surface area contributed by atoms with E-state index in [1.165, 1.54) is 0 Å². The molecule has 1 fully saturated rings. The minimum Gasteiger partial charge on any atom is -0.454 e. The summed E-state index contributed by atoms with van der Waals surface area (Å²) in [6.07, 6.45) is 0.466. The van der Waals surface area contributed by atoms with Crippen molar-refractivity contribution in [2.24, 2.45) is 0 Å². The van der Waals surface area contributed by atoms with Crippen molar-refractivity contribution in [1.82, 2.24) is 4.57 Å². The molecule has 2 heterocycles. The molecule has 9 heteroatoms. The van der Waals surface area contributed by atoms with Gasteiger partial charge in [0.15, 0.2) is 16.4 Å². The van der Waals surface area contributed by atoms with E-state index >= 15 is 0 Å². The number of aromatic nitrogens is 1. The molecule has 1 atom stereocenters. The van der Waals surface area contributed by atoms with E-state index in [4.69, 9.17) is 4.74 Å². The number of ketones is 1. The summed E-state index contributed by atoms with van der Waals surface area (Å²) in [5.41, 5.74) is 0.715. The zero-order valence-corrected chi connectivity index (χ0v) is 16.2. The number of aryl methyl sites for hydroxylation is 1. The second kappa shape index (κ2) is 7.46. The van der Waals surface area contributed by atoms with E-state index < -0.39 is 45.4 Å². The number of carbonyl (C=O) groups is 2. The number of rotatable bonds is 5. The molecule has 150 valence electrons. The maximum Gasteiger partial charge on any atom is 0.344 e. The van der Waals surface area contributed by atoms with Crippen molar-refractivity contribution in [1.29, 1.82) is 0 Å². The standard InChI is InChI=1S/C19H19F2NO5S/c1-11-8-14(12(2)22(11)13-6-7-28(25,26)10-13)17(23)9-27-19(24)18-15(20)4-3-5-16(18)21/h3-5,8,13H,6-7,9-10H2,1-2H3/t13-/m0/s1. The second-order valence-corrected chi connectivity index (χ2v) is 9.04. The van der Waals surface area contributed by atoms with Gasteiger partial charge in [-0.05, 0) is 38.5 Å². The number of benzene rings is 1. The Bertz CT molecular complexity index is 1040. The van der Waals surface area contributed by atoms with Gasteiger partial charge in [-0.3, -0.25) is 4.79 Å². The summed E-state index contributed by atoms with van der Waals surface area (Å²) in [6, 6.07) is 4.31. The van der Waals surface area contributed by atoms with E-state index in [2.05, 4.69) is 0 Å². The fourth-order valence-corrected chi connectivity index (χ4v) is 5.27. The topological polar surface area (TPSA) is 82.4 Å². The van der Waals surface area contributed by atoms with E-state index in [9.17, 15) is 26.8 Å². The van der Waals surface area contributed by atoms with Crippen LogP contribution in [0.5, 0.6) is 0 Å². The summed E-state index contributed by atoms with van der Waals surface area (Å²) in [5.74, 6) is -3.83. The number of sulfone groups is 1. The van der Waals surface area contributed by atoms with Crippen LogP contribution in [0, 0.1) is 25.5 Å². The number of hydrogen-bond donors (Lipinski definition) is 0. The molecule has 0 bridgehead atoms. The number of hydrogen-bond acceptors (Lipinski definition) is 5. The van der Waals surface area contributed by atoms with Gasteiger partial charge < -0.3 is 9.30 Å². The van der Waals surface area contributed by atoms with Gasteiger partial charge in [-0.1, -0.05) is 6.07 Å². The van der Waals surface area contributed by atoms with Gasteiger partial charge in [0, 0.05) is 23.0 Å². The minimum atomic E-state index is -3.09. The second-order valence-electron chi connectivity index (χ2n) is 6.81. The van der Waals surface area contributed by atoms with Gasteiger partial charge in [0.25, 0.3) is 0 Å². The van der Waals surface area contributed by atoms with Crippen LogP contribution in [0.2, 0.25) is 0 Å². The molecule has 0 spiro atoms. The van der Waals surface area contributed by atoms with Gasteiger partial charge in [0.2, 0.25) is 5.78 Å². The molecular formula is C19H19F2NO5S. The van der Waals surface area contributed by atoms with Crippen LogP contribution in [0.3, 0.4) is 0 Å². The first-order valence-corrected chi connectivity index (χ1v) is 10.5. The monoisotopic (exact) mass is 411 g/mol. The van der Waals surface area contributed by atoms with Gasteiger partial charge in [-0.25, -0.2) is 22.0 Å². The average Bonchev–Trinajstić information content (AvgIpc) is 3.11. The van der Waals surface area contributed by atoms with Crippen molar-refractivity contribution in [3.05, 3.63) is 58.4 Å². The summed E-state index contributed by atoms with van der Waals surface area (Å²) in [5, 5.41) is 0. The smallest absolute Gasteiger partial charge is 0.344 e. The van der Waals surface area contributed by atoms with Crippen molar-refractivity contribution in [2.45, 2.75) is 26.3 Å². The predicted octanol–water partition coefficient (Wildman–Crippen LogP) is 2.78. The van der Waals surface area contributed by atoms with Gasteiger partial charge in [0.05, 0.1) is 11.5 Å². The number of carbonyl (C=O) groups excluding carboxylic acids is 2. The molecule has 0 N–H and O–H groups in total. The lowest BCUT2D eigenvalue weighted by Gasteiger charge is -2.16. The van der Waals surface area contributed by atoms with Crippen molar-refractivity contribution in [3.8, 4) is 0 Å². The zero-order chi connectivity index (χ0) is 20.6. The third kappa shape index (κ3) is 3.84. The average molecular weight is 411 g/mol. The maximum absolute atomic E-state index is 13.6. The molecule has 0 amide bonds. The third-order valence-electron chi connectivity index (χ3n) is 4.86. The molecule has 6 nitrogen and oxygen atoms in total. The highest BCUT2D eigenvalue weighted by Gasteiger charge is 2.32. The minimum absolute atomic E-state index is 0.0124.